The Morgan fingerprint density at radius 3 is 1.35 bits per heavy atom. The number of alkyl halides is 2. The van der Waals surface area contributed by atoms with Gasteiger partial charge < -0.3 is 0 Å². The molecule has 0 spiro atoms. The second-order valence-corrected chi connectivity index (χ2v) is 7.85. The van der Waals surface area contributed by atoms with E-state index in [1.807, 2.05) is 23.9 Å². The van der Waals surface area contributed by atoms with Gasteiger partial charge in [0.05, 0.1) is 8.32 Å². The van der Waals surface area contributed by atoms with Crippen LogP contribution in [0.25, 0.3) is 0 Å². The lowest BCUT2D eigenvalue weighted by Gasteiger charge is -2.15. The maximum absolute atomic E-state index is 3.72. The molecular weight excluding hydrogens is 360 g/mol. The number of hydrogen-bond donors (Lipinski definition) is 0. The van der Waals surface area contributed by atoms with Gasteiger partial charge >= 0.3 is 0 Å². The van der Waals surface area contributed by atoms with Gasteiger partial charge in [0, 0.05) is 0 Å². The molecule has 2 atom stereocenters. The Labute approximate surface area is 123 Å². The first-order valence-corrected chi connectivity index (χ1v) is 8.08. The van der Waals surface area contributed by atoms with Crippen LogP contribution in [0.1, 0.15) is 19.4 Å². The van der Waals surface area contributed by atoms with E-state index in [2.05, 4.69) is 80.4 Å². The molecule has 0 nitrogen and oxygen atoms in total. The van der Waals surface area contributed by atoms with Crippen LogP contribution in [0.2, 0.25) is 0 Å². The lowest BCUT2D eigenvalue weighted by molar-refractivity contribution is 1.35. The van der Waals surface area contributed by atoms with Crippen molar-refractivity contribution in [2.45, 2.75) is 8.32 Å². The van der Waals surface area contributed by atoms with Crippen LogP contribution in [0.3, 0.4) is 0 Å². The van der Waals surface area contributed by atoms with Gasteiger partial charge in [0.2, 0.25) is 0 Å². The van der Waals surface area contributed by atoms with Crippen molar-refractivity contribution in [3.63, 3.8) is 0 Å². The molecule has 0 saturated heterocycles. The van der Waals surface area contributed by atoms with E-state index in [0.717, 1.165) is 0 Å². The van der Waals surface area contributed by atoms with E-state index in [1.165, 1.54) is 11.1 Å². The predicted octanol–water partition coefficient (Wildman–Crippen LogP) is 5.91. The molecule has 2 aromatic carbocycles. The minimum Gasteiger partial charge on any atom is -0.122 e. The molecule has 88 valence electrons. The quantitative estimate of drug-likeness (QED) is 0.602. The third-order valence-corrected chi connectivity index (χ3v) is 5.74. The molecule has 2 unspecified atom stereocenters. The van der Waals surface area contributed by atoms with Crippen LogP contribution in [0, 0.1) is 0 Å². The van der Waals surface area contributed by atoms with Crippen molar-refractivity contribution in [3.8, 4) is 0 Å². The molecule has 17 heavy (non-hydrogen) atoms. The van der Waals surface area contributed by atoms with Crippen LogP contribution in [0.5, 0.6) is 0 Å². The molecule has 0 saturated carbocycles. The number of halogens is 2. The molecule has 0 N–H and O–H groups in total. The molecule has 0 fully saturated rings. The molecular formula is C14H12Br2S. The molecule has 0 amide bonds. The Morgan fingerprint density at radius 2 is 1.00 bits per heavy atom. The van der Waals surface area contributed by atoms with Crippen LogP contribution >= 0.6 is 43.6 Å². The summed E-state index contributed by atoms with van der Waals surface area (Å²) in [5.74, 6) is 0. The van der Waals surface area contributed by atoms with Crippen molar-refractivity contribution in [2.24, 2.45) is 0 Å². The third kappa shape index (κ3) is 3.87. The van der Waals surface area contributed by atoms with E-state index < -0.39 is 0 Å². The zero-order chi connectivity index (χ0) is 12.1. The average molecular weight is 372 g/mol. The molecule has 2 aromatic rings. The van der Waals surface area contributed by atoms with Crippen molar-refractivity contribution in [2.75, 3.05) is 0 Å². The van der Waals surface area contributed by atoms with E-state index in [1.54, 1.807) is 0 Å². The molecule has 2 rings (SSSR count). The highest BCUT2D eigenvalue weighted by Gasteiger charge is 2.14. The first kappa shape index (κ1) is 13.2. The molecule has 0 aliphatic rings. The van der Waals surface area contributed by atoms with Gasteiger partial charge in [0.15, 0.2) is 0 Å². The fraction of sp³-hybridized carbons (Fsp3) is 0.143. The van der Waals surface area contributed by atoms with Crippen molar-refractivity contribution in [1.29, 1.82) is 0 Å². The van der Waals surface area contributed by atoms with E-state index in [0.29, 0.717) is 8.32 Å². The Kier molecular flexibility index (Phi) is 5.14. The van der Waals surface area contributed by atoms with Gasteiger partial charge in [-0.2, -0.15) is 0 Å². The highest BCUT2D eigenvalue weighted by molar-refractivity contribution is 9.13. The van der Waals surface area contributed by atoms with Crippen molar-refractivity contribution >= 4 is 43.6 Å². The molecule has 0 radical (unpaired) electrons. The minimum absolute atomic E-state index is 0.299. The Bertz CT molecular complexity index is 401. The van der Waals surface area contributed by atoms with Gasteiger partial charge in [-0.3, -0.25) is 0 Å². The molecule has 0 aliphatic heterocycles. The Morgan fingerprint density at radius 1 is 0.647 bits per heavy atom. The van der Waals surface area contributed by atoms with Crippen LogP contribution in [-0.2, 0) is 0 Å². The second kappa shape index (κ2) is 6.62. The summed E-state index contributed by atoms with van der Waals surface area (Å²) in [5, 5.41) is 0. The predicted molar refractivity (Wildman–Crippen MR) is 83.8 cm³/mol. The van der Waals surface area contributed by atoms with Crippen LogP contribution in [0.4, 0.5) is 0 Å². The zero-order valence-corrected chi connectivity index (χ0v) is 13.1. The number of thioether (sulfide) groups is 1. The highest BCUT2D eigenvalue weighted by Crippen LogP contribution is 2.47. The first-order valence-electron chi connectivity index (χ1n) is 5.31. The second-order valence-electron chi connectivity index (χ2n) is 3.59. The Balaban J connectivity index is 2.02. The van der Waals surface area contributed by atoms with E-state index >= 15 is 0 Å². The maximum Gasteiger partial charge on any atom is 0.0863 e. The SMILES string of the molecule is BrC(SC(Br)c1ccccc1)c1ccccc1. The van der Waals surface area contributed by atoms with Gasteiger partial charge in [-0.25, -0.2) is 0 Å². The summed E-state index contributed by atoms with van der Waals surface area (Å²) in [6.45, 7) is 0. The first-order chi connectivity index (χ1) is 8.27. The summed E-state index contributed by atoms with van der Waals surface area (Å²) < 4.78 is 0.599. The smallest absolute Gasteiger partial charge is 0.0863 e. The fourth-order valence-corrected chi connectivity index (χ4v) is 5.08. The van der Waals surface area contributed by atoms with Gasteiger partial charge in [-0.15, -0.1) is 11.8 Å². The molecule has 0 heterocycles. The van der Waals surface area contributed by atoms with E-state index in [9.17, 15) is 0 Å². The summed E-state index contributed by atoms with van der Waals surface area (Å²) in [6, 6.07) is 20.9. The number of hydrogen-bond acceptors (Lipinski definition) is 1. The lowest BCUT2D eigenvalue weighted by Crippen LogP contribution is -1.89. The molecule has 0 aromatic heterocycles. The van der Waals surface area contributed by atoms with Crippen LogP contribution in [-0.4, -0.2) is 0 Å². The highest BCUT2D eigenvalue weighted by atomic mass is 79.9. The van der Waals surface area contributed by atoms with Crippen LogP contribution in [0.15, 0.2) is 60.7 Å². The van der Waals surface area contributed by atoms with Crippen molar-refractivity contribution < 1.29 is 0 Å². The maximum atomic E-state index is 3.72. The Hall–Kier alpha value is -0.250. The van der Waals surface area contributed by atoms with Crippen LogP contribution < -0.4 is 0 Å². The van der Waals surface area contributed by atoms with Gasteiger partial charge in [0.25, 0.3) is 0 Å². The van der Waals surface area contributed by atoms with Gasteiger partial charge in [-0.05, 0) is 11.1 Å². The largest absolute Gasteiger partial charge is 0.122 e. The summed E-state index contributed by atoms with van der Waals surface area (Å²) in [7, 11) is 0. The summed E-state index contributed by atoms with van der Waals surface area (Å²) in [5.41, 5.74) is 2.58. The lowest BCUT2D eigenvalue weighted by atomic mass is 10.2. The average Bonchev–Trinajstić information content (AvgIpc) is 2.40. The normalized spacial score (nSPS) is 14.2. The zero-order valence-electron chi connectivity index (χ0n) is 9.09. The number of benzene rings is 2. The fourth-order valence-electron chi connectivity index (χ4n) is 1.47. The van der Waals surface area contributed by atoms with E-state index in [4.69, 9.17) is 0 Å². The minimum atomic E-state index is 0.299. The summed E-state index contributed by atoms with van der Waals surface area (Å²) >= 11 is 9.27. The van der Waals surface area contributed by atoms with Crippen molar-refractivity contribution in [1.82, 2.24) is 0 Å². The molecule has 0 aliphatic carbocycles. The van der Waals surface area contributed by atoms with Gasteiger partial charge in [-0.1, -0.05) is 92.5 Å². The third-order valence-electron chi connectivity index (χ3n) is 2.36. The number of rotatable bonds is 4. The molecule has 3 heteroatoms. The summed E-state index contributed by atoms with van der Waals surface area (Å²) in [6.07, 6.45) is 0. The van der Waals surface area contributed by atoms with Crippen molar-refractivity contribution in [3.05, 3.63) is 71.8 Å². The monoisotopic (exact) mass is 370 g/mol. The van der Waals surface area contributed by atoms with E-state index in [-0.39, 0.29) is 0 Å². The van der Waals surface area contributed by atoms with Gasteiger partial charge in [0.1, 0.15) is 0 Å². The standard InChI is InChI=1S/C14H12Br2S/c15-13(11-7-3-1-4-8-11)17-14(16)12-9-5-2-6-10-12/h1-10,13-14H. The topological polar surface area (TPSA) is 0 Å². The summed E-state index contributed by atoms with van der Waals surface area (Å²) in [4.78, 5) is 0. The molecule has 0 bridgehead atoms.